The second-order valence-electron chi connectivity index (χ2n) is 6.70. The predicted molar refractivity (Wildman–Crippen MR) is 77.0 cm³/mol. The molecule has 3 N–H and O–H groups in total. The highest BCUT2D eigenvalue weighted by Crippen LogP contribution is 2.44. The molecule has 1 heterocycles. The van der Waals surface area contributed by atoms with Gasteiger partial charge in [-0.15, -0.1) is 0 Å². The Hall–Kier alpha value is -0.650. The summed E-state index contributed by atoms with van der Waals surface area (Å²) in [6.45, 7) is 1.28. The third-order valence-electron chi connectivity index (χ3n) is 5.47. The molecule has 5 heteroatoms. The average Bonchev–Trinajstić information content (AvgIpc) is 3.09. The molecule has 2 aliphatic carbocycles. The molecule has 2 unspecified atom stereocenters. The van der Waals surface area contributed by atoms with Crippen LogP contribution in [0.2, 0.25) is 0 Å². The number of rotatable bonds is 4. The van der Waals surface area contributed by atoms with Crippen molar-refractivity contribution in [3.63, 3.8) is 0 Å². The number of fused-ring (bicyclic) bond motifs is 1. The van der Waals surface area contributed by atoms with Crippen LogP contribution in [0.15, 0.2) is 0 Å². The number of nitrogens with two attached hydrogens (primary N) is 1. The van der Waals surface area contributed by atoms with E-state index in [4.69, 9.17) is 10.5 Å². The molecule has 1 saturated heterocycles. The van der Waals surface area contributed by atoms with Crippen LogP contribution in [0.3, 0.4) is 0 Å². The van der Waals surface area contributed by atoms with Gasteiger partial charge in [0.25, 0.3) is 0 Å². The number of amides is 1. The Kier molecular flexibility index (Phi) is 4.29. The van der Waals surface area contributed by atoms with Crippen LogP contribution >= 0.6 is 0 Å². The number of carbonyl (C=O) groups is 1. The van der Waals surface area contributed by atoms with Gasteiger partial charge in [-0.1, -0.05) is 0 Å². The van der Waals surface area contributed by atoms with E-state index in [0.29, 0.717) is 18.7 Å². The molecule has 3 fully saturated rings. The van der Waals surface area contributed by atoms with Gasteiger partial charge in [0.1, 0.15) is 0 Å². The summed E-state index contributed by atoms with van der Waals surface area (Å²) in [7, 11) is 1.82. The zero-order valence-electron chi connectivity index (χ0n) is 12.4. The van der Waals surface area contributed by atoms with Crippen molar-refractivity contribution in [1.82, 2.24) is 10.2 Å². The van der Waals surface area contributed by atoms with Crippen molar-refractivity contribution >= 4 is 5.91 Å². The number of ether oxygens (including phenoxy) is 1. The minimum Gasteiger partial charge on any atom is -0.381 e. The predicted octanol–water partition coefficient (Wildman–Crippen LogP) is 0.687. The maximum Gasteiger partial charge on any atom is 0.237 e. The molecule has 1 amide bonds. The highest BCUT2D eigenvalue weighted by molar-refractivity contribution is 5.78. The first-order valence-corrected chi connectivity index (χ1v) is 7.98. The molecule has 20 heavy (non-hydrogen) atoms. The van der Waals surface area contributed by atoms with E-state index in [9.17, 15) is 4.79 Å². The largest absolute Gasteiger partial charge is 0.381 e. The number of hydrogen-bond donors (Lipinski definition) is 2. The van der Waals surface area contributed by atoms with Gasteiger partial charge in [-0.25, -0.2) is 0 Å². The molecule has 0 aromatic rings. The Balaban J connectivity index is 1.41. The monoisotopic (exact) mass is 281 g/mol. The fourth-order valence-corrected chi connectivity index (χ4v) is 4.36. The Morgan fingerprint density at radius 3 is 2.55 bits per heavy atom. The van der Waals surface area contributed by atoms with Crippen LogP contribution in [-0.4, -0.2) is 49.3 Å². The topological polar surface area (TPSA) is 67.6 Å². The van der Waals surface area contributed by atoms with Gasteiger partial charge in [0.05, 0.1) is 18.8 Å². The van der Waals surface area contributed by atoms with Crippen LogP contribution in [0.1, 0.15) is 38.5 Å². The first-order valence-electron chi connectivity index (χ1n) is 7.98. The molecule has 0 spiro atoms. The Bertz CT molecular complexity index is 349. The van der Waals surface area contributed by atoms with Crippen LogP contribution in [0.25, 0.3) is 0 Å². The first kappa shape index (κ1) is 14.3. The Labute approximate surface area is 121 Å². The Morgan fingerprint density at radius 2 is 2.00 bits per heavy atom. The van der Waals surface area contributed by atoms with Gasteiger partial charge in [-0.3, -0.25) is 4.79 Å². The van der Waals surface area contributed by atoms with E-state index >= 15 is 0 Å². The number of nitrogens with one attached hydrogen (secondary N) is 1. The van der Waals surface area contributed by atoms with Crippen LogP contribution in [0.5, 0.6) is 0 Å². The lowest BCUT2D eigenvalue weighted by Crippen LogP contribution is -2.46. The lowest BCUT2D eigenvalue weighted by Gasteiger charge is -2.23. The summed E-state index contributed by atoms with van der Waals surface area (Å²) in [4.78, 5) is 13.9. The SMILES string of the molecule is COC1C[C@H]2CC(NCC(=O)N3CCC[C@H]3N)C[C@H]2C1. The molecule has 0 aromatic heterocycles. The summed E-state index contributed by atoms with van der Waals surface area (Å²) in [6.07, 6.45) is 7.18. The van der Waals surface area contributed by atoms with Gasteiger partial charge in [-0.05, 0) is 50.4 Å². The van der Waals surface area contributed by atoms with Crippen LogP contribution in [-0.2, 0) is 9.53 Å². The van der Waals surface area contributed by atoms with E-state index in [2.05, 4.69) is 5.32 Å². The molecule has 3 rings (SSSR count). The highest BCUT2D eigenvalue weighted by atomic mass is 16.5. The minimum absolute atomic E-state index is 0.0604. The first-order chi connectivity index (χ1) is 9.67. The van der Waals surface area contributed by atoms with Crippen molar-refractivity contribution in [2.75, 3.05) is 20.2 Å². The molecular weight excluding hydrogens is 254 g/mol. The van der Waals surface area contributed by atoms with E-state index in [0.717, 1.165) is 31.2 Å². The third kappa shape index (κ3) is 2.85. The van der Waals surface area contributed by atoms with Crippen LogP contribution in [0.4, 0.5) is 0 Å². The van der Waals surface area contributed by atoms with Gasteiger partial charge in [0, 0.05) is 19.7 Å². The summed E-state index contributed by atoms with van der Waals surface area (Å²) in [5.74, 6) is 1.75. The summed E-state index contributed by atoms with van der Waals surface area (Å²) in [5.41, 5.74) is 5.93. The maximum atomic E-state index is 12.1. The van der Waals surface area contributed by atoms with Crippen LogP contribution < -0.4 is 11.1 Å². The molecule has 1 aliphatic heterocycles. The summed E-state index contributed by atoms with van der Waals surface area (Å²) in [5, 5.41) is 3.45. The van der Waals surface area contributed by atoms with E-state index in [-0.39, 0.29) is 12.1 Å². The third-order valence-corrected chi connectivity index (χ3v) is 5.47. The quantitative estimate of drug-likeness (QED) is 0.795. The van der Waals surface area contributed by atoms with Gasteiger partial charge >= 0.3 is 0 Å². The van der Waals surface area contributed by atoms with Gasteiger partial charge < -0.3 is 20.7 Å². The molecule has 3 aliphatic rings. The highest BCUT2D eigenvalue weighted by Gasteiger charge is 2.41. The van der Waals surface area contributed by atoms with Crippen molar-refractivity contribution < 1.29 is 9.53 Å². The minimum atomic E-state index is -0.0604. The van der Waals surface area contributed by atoms with Crippen molar-refractivity contribution in [1.29, 1.82) is 0 Å². The van der Waals surface area contributed by atoms with E-state index in [1.165, 1.54) is 25.7 Å². The number of nitrogens with zero attached hydrogens (tertiary/aromatic N) is 1. The molecule has 2 saturated carbocycles. The molecule has 5 atom stereocenters. The lowest BCUT2D eigenvalue weighted by atomic mass is 10.0. The fourth-order valence-electron chi connectivity index (χ4n) is 4.36. The zero-order chi connectivity index (χ0) is 14.1. The Morgan fingerprint density at radius 1 is 1.30 bits per heavy atom. The normalized spacial score (nSPS) is 40.3. The molecule has 114 valence electrons. The fraction of sp³-hybridized carbons (Fsp3) is 0.933. The molecular formula is C15H27N3O2. The number of carbonyl (C=O) groups excluding carboxylic acids is 1. The maximum absolute atomic E-state index is 12.1. The molecule has 5 nitrogen and oxygen atoms in total. The average molecular weight is 281 g/mol. The smallest absolute Gasteiger partial charge is 0.237 e. The van der Waals surface area contributed by atoms with E-state index in [1.54, 1.807) is 0 Å². The van der Waals surface area contributed by atoms with Gasteiger partial charge in [0.2, 0.25) is 5.91 Å². The van der Waals surface area contributed by atoms with Crippen molar-refractivity contribution in [2.45, 2.75) is 56.8 Å². The van der Waals surface area contributed by atoms with E-state index < -0.39 is 0 Å². The van der Waals surface area contributed by atoms with Gasteiger partial charge in [0.15, 0.2) is 0 Å². The summed E-state index contributed by atoms with van der Waals surface area (Å²) < 4.78 is 5.47. The van der Waals surface area contributed by atoms with Crippen molar-refractivity contribution in [3.05, 3.63) is 0 Å². The second kappa shape index (κ2) is 6.00. The van der Waals surface area contributed by atoms with E-state index in [1.807, 2.05) is 12.0 Å². The number of hydrogen-bond acceptors (Lipinski definition) is 4. The van der Waals surface area contributed by atoms with Crippen molar-refractivity contribution in [3.8, 4) is 0 Å². The molecule has 0 aromatic carbocycles. The summed E-state index contributed by atoms with van der Waals surface area (Å²) >= 11 is 0. The second-order valence-corrected chi connectivity index (χ2v) is 6.70. The number of methoxy groups -OCH3 is 1. The molecule has 0 radical (unpaired) electrons. The molecule has 0 bridgehead atoms. The van der Waals surface area contributed by atoms with Crippen molar-refractivity contribution in [2.24, 2.45) is 17.6 Å². The lowest BCUT2D eigenvalue weighted by molar-refractivity contribution is -0.131. The number of likely N-dealkylation sites (tertiary alicyclic amines) is 1. The van der Waals surface area contributed by atoms with Crippen LogP contribution in [0, 0.1) is 11.8 Å². The zero-order valence-corrected chi connectivity index (χ0v) is 12.4. The summed E-state index contributed by atoms with van der Waals surface area (Å²) in [6, 6.07) is 0.505. The standard InChI is InChI=1S/C15H27N3O2/c1-20-13-7-10-5-12(6-11(10)8-13)17-9-15(19)18-4-2-3-14(18)16/h10-14,17H,2-9,16H2,1H3/t10-,11+,12?,13?,14-/m0/s1. The van der Waals surface area contributed by atoms with Gasteiger partial charge in [-0.2, -0.15) is 0 Å².